The molecule has 2 aliphatic heterocycles. The second-order valence-corrected chi connectivity index (χ2v) is 7.15. The Morgan fingerprint density at radius 3 is 1.96 bits per heavy atom. The number of nitrogens with zero attached hydrogens (tertiary/aromatic N) is 5. The average molecular weight is 368 g/mol. The quantitative estimate of drug-likeness (QED) is 0.892. The maximum absolute atomic E-state index is 13.0. The molecular formula is C19H24N6O2. The lowest BCUT2D eigenvalue weighted by atomic mass is 9.96. The van der Waals surface area contributed by atoms with Crippen LogP contribution in [0, 0.1) is 0 Å². The van der Waals surface area contributed by atoms with Gasteiger partial charge in [0.1, 0.15) is 5.82 Å². The van der Waals surface area contributed by atoms with Gasteiger partial charge in [-0.2, -0.15) is 0 Å². The number of piperidine rings is 2. The van der Waals surface area contributed by atoms with Crippen molar-refractivity contribution in [3.05, 3.63) is 42.0 Å². The summed E-state index contributed by atoms with van der Waals surface area (Å²) in [6, 6.07) is 0. The number of carbonyl (C=O) groups excluding carboxylic acids is 2. The molecule has 8 nitrogen and oxygen atoms in total. The first-order valence-corrected chi connectivity index (χ1v) is 9.63. The van der Waals surface area contributed by atoms with Gasteiger partial charge in [0, 0.05) is 56.9 Å². The van der Waals surface area contributed by atoms with Crippen molar-refractivity contribution in [1.82, 2.24) is 29.7 Å². The summed E-state index contributed by atoms with van der Waals surface area (Å²) in [5.74, 6) is 0.918. The van der Waals surface area contributed by atoms with Gasteiger partial charge in [-0.1, -0.05) is 0 Å². The predicted octanol–water partition coefficient (Wildman–Crippen LogP) is 1.85. The number of hydrogen-bond acceptors (Lipinski definition) is 5. The summed E-state index contributed by atoms with van der Waals surface area (Å²) in [6.45, 7) is 2.69. The fraction of sp³-hybridized carbons (Fsp3) is 0.526. The molecule has 2 amide bonds. The van der Waals surface area contributed by atoms with Gasteiger partial charge in [-0.3, -0.25) is 9.59 Å². The Morgan fingerprint density at radius 1 is 0.815 bits per heavy atom. The first-order valence-electron chi connectivity index (χ1n) is 9.63. The molecule has 0 radical (unpaired) electrons. The van der Waals surface area contributed by atoms with Crippen LogP contribution in [-0.2, 0) is 0 Å². The zero-order valence-electron chi connectivity index (χ0n) is 15.3. The van der Waals surface area contributed by atoms with Crippen LogP contribution in [0.3, 0.4) is 0 Å². The second kappa shape index (κ2) is 7.85. The molecule has 0 atom stereocenters. The van der Waals surface area contributed by atoms with Gasteiger partial charge in [-0.05, 0) is 32.1 Å². The molecule has 4 heterocycles. The minimum atomic E-state index is -0.207. The summed E-state index contributed by atoms with van der Waals surface area (Å²) >= 11 is 0. The van der Waals surface area contributed by atoms with Crippen molar-refractivity contribution < 1.29 is 9.59 Å². The summed E-state index contributed by atoms with van der Waals surface area (Å²) in [5.41, 5.74) is 0.349. The number of nitrogens with one attached hydrogen (secondary N) is 1. The lowest BCUT2D eigenvalue weighted by Gasteiger charge is -2.31. The number of hydrogen-bond donors (Lipinski definition) is 1. The second-order valence-electron chi connectivity index (χ2n) is 7.15. The Bertz CT molecular complexity index is 792. The Balaban J connectivity index is 1.47. The highest BCUT2D eigenvalue weighted by Gasteiger charge is 2.31. The molecule has 2 saturated heterocycles. The summed E-state index contributed by atoms with van der Waals surface area (Å²) < 4.78 is 0. The van der Waals surface area contributed by atoms with Gasteiger partial charge in [0.2, 0.25) is 0 Å². The first kappa shape index (κ1) is 17.6. The van der Waals surface area contributed by atoms with Crippen molar-refractivity contribution in [1.29, 1.82) is 0 Å². The molecule has 2 fully saturated rings. The summed E-state index contributed by atoms with van der Waals surface area (Å²) in [6.07, 6.45) is 11.4. The summed E-state index contributed by atoms with van der Waals surface area (Å²) in [5, 5.41) is 0. The van der Waals surface area contributed by atoms with E-state index in [1.54, 1.807) is 16.0 Å². The van der Waals surface area contributed by atoms with Crippen LogP contribution in [0.4, 0.5) is 0 Å². The van der Waals surface area contributed by atoms with E-state index in [4.69, 9.17) is 0 Å². The Morgan fingerprint density at radius 2 is 1.41 bits per heavy atom. The van der Waals surface area contributed by atoms with Crippen LogP contribution in [0.2, 0.25) is 0 Å². The predicted molar refractivity (Wildman–Crippen MR) is 98.3 cm³/mol. The van der Waals surface area contributed by atoms with Crippen molar-refractivity contribution in [2.24, 2.45) is 0 Å². The molecule has 4 rings (SSSR count). The third kappa shape index (κ3) is 3.70. The largest absolute Gasteiger partial charge is 0.348 e. The number of aromatic nitrogens is 4. The van der Waals surface area contributed by atoms with Crippen LogP contribution >= 0.6 is 0 Å². The zero-order chi connectivity index (χ0) is 18.6. The Kier molecular flexibility index (Phi) is 5.13. The SMILES string of the molecule is O=C(c1nccnc1C(=O)N1CCC(c2ncc[nH]2)CC1)N1CCCCC1. The molecule has 2 aromatic heterocycles. The lowest BCUT2D eigenvalue weighted by molar-refractivity contribution is 0.0668. The molecule has 142 valence electrons. The number of imidazole rings is 1. The van der Waals surface area contributed by atoms with Gasteiger partial charge in [0.15, 0.2) is 11.4 Å². The van der Waals surface area contributed by atoms with E-state index in [1.807, 2.05) is 6.20 Å². The van der Waals surface area contributed by atoms with Gasteiger partial charge in [-0.15, -0.1) is 0 Å². The third-order valence-electron chi connectivity index (χ3n) is 5.43. The van der Waals surface area contributed by atoms with E-state index in [0.717, 1.165) is 51.0 Å². The molecule has 2 aliphatic rings. The van der Waals surface area contributed by atoms with Crippen molar-refractivity contribution in [2.45, 2.75) is 38.0 Å². The lowest BCUT2D eigenvalue weighted by Crippen LogP contribution is -2.41. The number of carbonyl (C=O) groups is 2. The van der Waals surface area contributed by atoms with E-state index < -0.39 is 0 Å². The third-order valence-corrected chi connectivity index (χ3v) is 5.43. The molecule has 0 aromatic carbocycles. The first-order chi connectivity index (χ1) is 13.2. The van der Waals surface area contributed by atoms with E-state index in [-0.39, 0.29) is 23.2 Å². The average Bonchev–Trinajstić information content (AvgIpc) is 3.28. The van der Waals surface area contributed by atoms with E-state index in [1.165, 1.54) is 12.4 Å². The summed E-state index contributed by atoms with van der Waals surface area (Å²) in [4.78, 5) is 45.4. The van der Waals surface area contributed by atoms with Gasteiger partial charge in [0.25, 0.3) is 11.8 Å². The van der Waals surface area contributed by atoms with E-state index in [2.05, 4.69) is 19.9 Å². The molecule has 0 bridgehead atoms. The number of amides is 2. The smallest absolute Gasteiger partial charge is 0.274 e. The highest BCUT2D eigenvalue weighted by molar-refractivity contribution is 6.04. The van der Waals surface area contributed by atoms with Crippen molar-refractivity contribution >= 4 is 11.8 Å². The van der Waals surface area contributed by atoms with E-state index in [0.29, 0.717) is 19.0 Å². The Labute approximate surface area is 158 Å². The van der Waals surface area contributed by atoms with Crippen LogP contribution in [-0.4, -0.2) is 67.7 Å². The van der Waals surface area contributed by atoms with E-state index >= 15 is 0 Å². The monoisotopic (exact) mass is 368 g/mol. The standard InChI is InChI=1S/C19H24N6O2/c26-18(24-10-2-1-3-11-24)15-16(21-7-6-20-15)19(27)25-12-4-14(5-13-25)17-22-8-9-23-17/h6-9,14H,1-5,10-13H2,(H,22,23). The molecule has 0 aliphatic carbocycles. The maximum atomic E-state index is 13.0. The Hall–Kier alpha value is -2.77. The van der Waals surface area contributed by atoms with Crippen molar-refractivity contribution in [3.8, 4) is 0 Å². The molecule has 1 N–H and O–H groups in total. The highest BCUT2D eigenvalue weighted by Crippen LogP contribution is 2.26. The molecule has 27 heavy (non-hydrogen) atoms. The van der Waals surface area contributed by atoms with Crippen LogP contribution in [0.1, 0.15) is 64.8 Å². The van der Waals surface area contributed by atoms with Gasteiger partial charge < -0.3 is 14.8 Å². The molecule has 8 heteroatoms. The van der Waals surface area contributed by atoms with Crippen molar-refractivity contribution in [3.63, 3.8) is 0 Å². The topological polar surface area (TPSA) is 95.1 Å². The van der Waals surface area contributed by atoms with Crippen LogP contribution < -0.4 is 0 Å². The van der Waals surface area contributed by atoms with Gasteiger partial charge in [-0.25, -0.2) is 15.0 Å². The minimum absolute atomic E-state index is 0.171. The zero-order valence-corrected chi connectivity index (χ0v) is 15.3. The normalized spacial score (nSPS) is 18.5. The fourth-order valence-corrected chi connectivity index (χ4v) is 3.90. The molecule has 0 spiro atoms. The minimum Gasteiger partial charge on any atom is -0.348 e. The molecule has 2 aromatic rings. The number of H-pyrrole nitrogens is 1. The molecule has 0 unspecified atom stereocenters. The van der Waals surface area contributed by atoms with Crippen LogP contribution in [0.25, 0.3) is 0 Å². The maximum Gasteiger partial charge on any atom is 0.274 e. The highest BCUT2D eigenvalue weighted by atomic mass is 16.2. The van der Waals surface area contributed by atoms with E-state index in [9.17, 15) is 9.59 Å². The van der Waals surface area contributed by atoms with Crippen LogP contribution in [0.5, 0.6) is 0 Å². The van der Waals surface area contributed by atoms with Gasteiger partial charge in [0.05, 0.1) is 0 Å². The molecular weight excluding hydrogens is 344 g/mol. The number of aromatic amines is 1. The molecule has 0 saturated carbocycles. The van der Waals surface area contributed by atoms with Crippen molar-refractivity contribution in [2.75, 3.05) is 26.2 Å². The number of likely N-dealkylation sites (tertiary alicyclic amines) is 2. The van der Waals surface area contributed by atoms with Gasteiger partial charge >= 0.3 is 0 Å². The summed E-state index contributed by atoms with van der Waals surface area (Å²) in [7, 11) is 0. The number of rotatable bonds is 3. The van der Waals surface area contributed by atoms with Crippen LogP contribution in [0.15, 0.2) is 24.8 Å². The fourth-order valence-electron chi connectivity index (χ4n) is 3.90.